The number of piperazine rings is 1. The van der Waals surface area contributed by atoms with E-state index < -0.39 is 0 Å². The highest BCUT2D eigenvalue weighted by molar-refractivity contribution is 5.93. The first-order chi connectivity index (χ1) is 9.66. The molecule has 20 heavy (non-hydrogen) atoms. The molecule has 0 unspecified atom stereocenters. The molecule has 108 valence electrons. The van der Waals surface area contributed by atoms with E-state index in [1.165, 1.54) is 11.1 Å². The molecule has 1 atom stereocenters. The van der Waals surface area contributed by atoms with Gasteiger partial charge in [-0.2, -0.15) is 0 Å². The van der Waals surface area contributed by atoms with Crippen LogP contribution in [0.2, 0.25) is 0 Å². The van der Waals surface area contributed by atoms with E-state index in [1.807, 2.05) is 6.07 Å². The van der Waals surface area contributed by atoms with E-state index in [0.29, 0.717) is 12.6 Å². The van der Waals surface area contributed by atoms with Crippen molar-refractivity contribution in [3.05, 3.63) is 34.4 Å². The number of hydrogen-bond donors (Lipinski definition) is 1. The number of ether oxygens (including phenoxy) is 1. The fourth-order valence-electron chi connectivity index (χ4n) is 3.15. The highest BCUT2D eigenvalue weighted by Crippen LogP contribution is 2.26. The van der Waals surface area contributed by atoms with Crippen LogP contribution >= 0.6 is 0 Å². The minimum atomic E-state index is -0.176. The molecule has 4 heteroatoms. The van der Waals surface area contributed by atoms with Crippen molar-refractivity contribution in [1.82, 2.24) is 10.2 Å². The number of hydrogen-bond acceptors (Lipinski definition) is 4. The van der Waals surface area contributed by atoms with E-state index in [1.54, 1.807) is 0 Å². The first-order valence-electron chi connectivity index (χ1n) is 7.40. The van der Waals surface area contributed by atoms with Gasteiger partial charge in [0.05, 0.1) is 5.56 Å². The summed E-state index contributed by atoms with van der Waals surface area (Å²) in [6, 6.07) is 4.62. The van der Waals surface area contributed by atoms with Crippen molar-refractivity contribution >= 4 is 5.97 Å². The zero-order valence-corrected chi connectivity index (χ0v) is 12.2. The van der Waals surface area contributed by atoms with Gasteiger partial charge < -0.3 is 10.1 Å². The molecule has 0 aromatic heterocycles. The van der Waals surface area contributed by atoms with Gasteiger partial charge in [0.15, 0.2) is 0 Å². The highest BCUT2D eigenvalue weighted by atomic mass is 16.5. The van der Waals surface area contributed by atoms with Crippen LogP contribution in [0.15, 0.2) is 12.1 Å². The SMILES string of the molecule is Cc1c(CCN2CCNC[C@H]2C)ccc2c1COC2=O. The lowest BCUT2D eigenvalue weighted by Gasteiger charge is -2.34. The van der Waals surface area contributed by atoms with E-state index in [4.69, 9.17) is 4.74 Å². The molecule has 4 nitrogen and oxygen atoms in total. The van der Waals surface area contributed by atoms with Gasteiger partial charge in [-0.1, -0.05) is 6.07 Å². The van der Waals surface area contributed by atoms with Crippen molar-refractivity contribution in [2.45, 2.75) is 32.9 Å². The zero-order valence-electron chi connectivity index (χ0n) is 12.2. The number of cyclic esters (lactones) is 1. The summed E-state index contributed by atoms with van der Waals surface area (Å²) in [5.74, 6) is -0.176. The van der Waals surface area contributed by atoms with Crippen LogP contribution in [0.4, 0.5) is 0 Å². The molecule has 0 radical (unpaired) electrons. The maximum Gasteiger partial charge on any atom is 0.338 e. The molecule has 2 aliphatic rings. The second-order valence-electron chi connectivity index (χ2n) is 5.79. The Bertz CT molecular complexity index is 527. The van der Waals surface area contributed by atoms with Crippen molar-refractivity contribution in [2.24, 2.45) is 0 Å². The molecule has 1 N–H and O–H groups in total. The number of esters is 1. The summed E-state index contributed by atoms with van der Waals surface area (Å²) >= 11 is 0. The molecular formula is C16H22N2O2. The minimum Gasteiger partial charge on any atom is -0.457 e. The van der Waals surface area contributed by atoms with E-state index in [0.717, 1.165) is 43.7 Å². The number of carbonyl (C=O) groups is 1. The van der Waals surface area contributed by atoms with Crippen LogP contribution in [-0.4, -0.2) is 43.1 Å². The summed E-state index contributed by atoms with van der Waals surface area (Å²) in [5.41, 5.74) is 4.41. The fraction of sp³-hybridized carbons (Fsp3) is 0.562. The second kappa shape index (κ2) is 5.54. The lowest BCUT2D eigenvalue weighted by atomic mass is 9.96. The van der Waals surface area contributed by atoms with Crippen LogP contribution in [-0.2, 0) is 17.8 Å². The molecule has 3 rings (SSSR count). The third kappa shape index (κ3) is 2.45. The summed E-state index contributed by atoms with van der Waals surface area (Å²) in [4.78, 5) is 14.1. The minimum absolute atomic E-state index is 0.176. The Morgan fingerprint density at radius 3 is 3.10 bits per heavy atom. The number of fused-ring (bicyclic) bond motifs is 1. The van der Waals surface area contributed by atoms with Crippen molar-refractivity contribution in [3.63, 3.8) is 0 Å². The monoisotopic (exact) mass is 274 g/mol. The van der Waals surface area contributed by atoms with Crippen molar-refractivity contribution < 1.29 is 9.53 Å². The average molecular weight is 274 g/mol. The number of benzene rings is 1. The van der Waals surface area contributed by atoms with Crippen molar-refractivity contribution in [1.29, 1.82) is 0 Å². The first kappa shape index (κ1) is 13.6. The first-order valence-corrected chi connectivity index (χ1v) is 7.40. The quantitative estimate of drug-likeness (QED) is 0.848. The molecule has 1 aromatic rings. The molecule has 2 aliphatic heterocycles. The van der Waals surface area contributed by atoms with Gasteiger partial charge in [0, 0.05) is 37.8 Å². The van der Waals surface area contributed by atoms with Crippen LogP contribution < -0.4 is 5.32 Å². The lowest BCUT2D eigenvalue weighted by molar-refractivity contribution is 0.0535. The highest BCUT2D eigenvalue weighted by Gasteiger charge is 2.24. The number of rotatable bonds is 3. The molecular weight excluding hydrogens is 252 g/mol. The molecule has 0 saturated carbocycles. The summed E-state index contributed by atoms with van der Waals surface area (Å²) in [6.45, 7) is 9.18. The van der Waals surface area contributed by atoms with E-state index in [9.17, 15) is 4.79 Å². The van der Waals surface area contributed by atoms with Crippen molar-refractivity contribution in [3.8, 4) is 0 Å². The Morgan fingerprint density at radius 2 is 2.30 bits per heavy atom. The predicted molar refractivity (Wildman–Crippen MR) is 77.9 cm³/mol. The average Bonchev–Trinajstić information content (AvgIpc) is 2.82. The third-order valence-electron chi connectivity index (χ3n) is 4.59. The zero-order chi connectivity index (χ0) is 14.1. The van der Waals surface area contributed by atoms with Gasteiger partial charge in [0.1, 0.15) is 6.61 Å². The van der Waals surface area contributed by atoms with Gasteiger partial charge in [-0.05, 0) is 37.5 Å². The third-order valence-corrected chi connectivity index (χ3v) is 4.59. The molecule has 2 heterocycles. The number of nitrogens with zero attached hydrogens (tertiary/aromatic N) is 1. The van der Waals surface area contributed by atoms with Gasteiger partial charge in [-0.15, -0.1) is 0 Å². The van der Waals surface area contributed by atoms with Crippen LogP contribution in [0.3, 0.4) is 0 Å². The molecule has 0 bridgehead atoms. The summed E-state index contributed by atoms with van der Waals surface area (Å²) in [5, 5.41) is 3.42. The van der Waals surface area contributed by atoms with Gasteiger partial charge in [-0.25, -0.2) is 4.79 Å². The summed E-state index contributed by atoms with van der Waals surface area (Å²) in [6.07, 6.45) is 1.04. The van der Waals surface area contributed by atoms with Gasteiger partial charge >= 0.3 is 5.97 Å². The van der Waals surface area contributed by atoms with Crippen LogP contribution in [0.1, 0.15) is 34.0 Å². The van der Waals surface area contributed by atoms with Gasteiger partial charge in [0.2, 0.25) is 0 Å². The number of carbonyl (C=O) groups excluding carboxylic acids is 1. The largest absolute Gasteiger partial charge is 0.457 e. The molecule has 0 amide bonds. The molecule has 0 aliphatic carbocycles. The van der Waals surface area contributed by atoms with Crippen molar-refractivity contribution in [2.75, 3.05) is 26.2 Å². The fourth-order valence-corrected chi connectivity index (χ4v) is 3.15. The topological polar surface area (TPSA) is 41.6 Å². The predicted octanol–water partition coefficient (Wildman–Crippen LogP) is 1.50. The maximum absolute atomic E-state index is 11.5. The Balaban J connectivity index is 1.71. The Morgan fingerprint density at radius 1 is 1.45 bits per heavy atom. The Labute approximate surface area is 120 Å². The maximum atomic E-state index is 11.5. The van der Waals surface area contributed by atoms with E-state index in [2.05, 4.69) is 30.1 Å². The Kier molecular flexibility index (Phi) is 3.76. The van der Waals surface area contributed by atoms with Crippen LogP contribution in [0, 0.1) is 6.92 Å². The molecule has 1 saturated heterocycles. The smallest absolute Gasteiger partial charge is 0.338 e. The lowest BCUT2D eigenvalue weighted by Crippen LogP contribution is -2.50. The molecule has 0 spiro atoms. The van der Waals surface area contributed by atoms with Crippen LogP contribution in [0.5, 0.6) is 0 Å². The summed E-state index contributed by atoms with van der Waals surface area (Å²) in [7, 11) is 0. The van der Waals surface area contributed by atoms with Crippen LogP contribution in [0.25, 0.3) is 0 Å². The normalized spacial score (nSPS) is 22.7. The van der Waals surface area contributed by atoms with Gasteiger partial charge in [0.25, 0.3) is 0 Å². The summed E-state index contributed by atoms with van der Waals surface area (Å²) < 4.78 is 5.11. The standard InChI is InChI=1S/C16H22N2O2/c1-11-9-17-6-8-18(11)7-5-13-3-4-14-15(12(13)2)10-20-16(14)19/h3-4,11,17H,5-10H2,1-2H3/t11-/m1/s1. The van der Waals surface area contributed by atoms with E-state index in [-0.39, 0.29) is 5.97 Å². The molecule has 1 aromatic carbocycles. The Hall–Kier alpha value is -1.39. The molecule has 1 fully saturated rings. The second-order valence-corrected chi connectivity index (χ2v) is 5.79. The number of nitrogens with one attached hydrogen (secondary N) is 1. The van der Waals surface area contributed by atoms with E-state index >= 15 is 0 Å². The van der Waals surface area contributed by atoms with Gasteiger partial charge in [-0.3, -0.25) is 4.90 Å².